The molecule has 106 valence electrons. The first-order valence-electron chi connectivity index (χ1n) is 6.37. The molecule has 0 saturated carbocycles. The Hall–Kier alpha value is -0.550. The molecule has 0 unspecified atom stereocenters. The zero-order valence-corrected chi connectivity index (χ0v) is 14.1. The van der Waals surface area contributed by atoms with Gasteiger partial charge in [-0.3, -0.25) is 4.79 Å². The van der Waals surface area contributed by atoms with Crippen LogP contribution in [0.5, 0.6) is 5.75 Å². The standard InChI is InChI=1S/C14H18Br2O3/c1-2-18-14(17)6-4-3-5-9-19-13-8-7-11(15)10-12(13)16/h7-8,10H,2-6,9H2,1H3. The van der Waals surface area contributed by atoms with Gasteiger partial charge in [-0.15, -0.1) is 0 Å². The van der Waals surface area contributed by atoms with E-state index in [2.05, 4.69) is 31.9 Å². The first kappa shape index (κ1) is 16.5. The van der Waals surface area contributed by atoms with Gasteiger partial charge in [0.15, 0.2) is 0 Å². The largest absolute Gasteiger partial charge is 0.492 e. The van der Waals surface area contributed by atoms with Crippen molar-refractivity contribution in [1.29, 1.82) is 0 Å². The average molecular weight is 394 g/mol. The highest BCUT2D eigenvalue weighted by molar-refractivity contribution is 9.11. The lowest BCUT2D eigenvalue weighted by molar-refractivity contribution is -0.143. The van der Waals surface area contributed by atoms with Crippen molar-refractivity contribution in [3.8, 4) is 5.75 Å². The van der Waals surface area contributed by atoms with Gasteiger partial charge in [-0.2, -0.15) is 0 Å². The monoisotopic (exact) mass is 392 g/mol. The molecular weight excluding hydrogens is 376 g/mol. The van der Waals surface area contributed by atoms with Gasteiger partial charge in [0.2, 0.25) is 0 Å². The summed E-state index contributed by atoms with van der Waals surface area (Å²) in [4.78, 5) is 11.1. The van der Waals surface area contributed by atoms with Crippen LogP contribution in [0.1, 0.15) is 32.6 Å². The molecule has 0 N–H and O–H groups in total. The Balaban J connectivity index is 2.12. The van der Waals surface area contributed by atoms with Crippen LogP contribution in [0, 0.1) is 0 Å². The van der Waals surface area contributed by atoms with Crippen LogP contribution in [0.15, 0.2) is 27.1 Å². The van der Waals surface area contributed by atoms with Gasteiger partial charge in [-0.05, 0) is 60.3 Å². The van der Waals surface area contributed by atoms with Gasteiger partial charge < -0.3 is 9.47 Å². The van der Waals surface area contributed by atoms with Gasteiger partial charge >= 0.3 is 5.97 Å². The molecule has 0 fully saturated rings. The second-order valence-electron chi connectivity index (χ2n) is 4.04. The van der Waals surface area contributed by atoms with Crippen molar-refractivity contribution in [2.45, 2.75) is 32.6 Å². The number of carbonyl (C=O) groups excluding carboxylic acids is 1. The molecule has 1 aromatic carbocycles. The molecule has 0 aromatic heterocycles. The van der Waals surface area contributed by atoms with Crippen LogP contribution in [-0.4, -0.2) is 19.2 Å². The fourth-order valence-corrected chi connectivity index (χ4v) is 2.72. The maximum atomic E-state index is 11.1. The summed E-state index contributed by atoms with van der Waals surface area (Å²) in [6, 6.07) is 5.82. The fourth-order valence-electron chi connectivity index (χ4n) is 1.56. The van der Waals surface area contributed by atoms with Crippen LogP contribution in [0.3, 0.4) is 0 Å². The Morgan fingerprint density at radius 1 is 1.21 bits per heavy atom. The predicted molar refractivity (Wildman–Crippen MR) is 82.4 cm³/mol. The van der Waals surface area contributed by atoms with E-state index in [9.17, 15) is 4.79 Å². The van der Waals surface area contributed by atoms with Gasteiger partial charge in [0.05, 0.1) is 17.7 Å². The Bertz CT molecular complexity index is 408. The van der Waals surface area contributed by atoms with Crippen LogP contribution >= 0.6 is 31.9 Å². The van der Waals surface area contributed by atoms with Crippen molar-refractivity contribution < 1.29 is 14.3 Å². The molecule has 3 nitrogen and oxygen atoms in total. The second kappa shape index (κ2) is 9.37. The van der Waals surface area contributed by atoms with E-state index in [4.69, 9.17) is 9.47 Å². The molecule has 0 radical (unpaired) electrons. The third-order valence-corrected chi connectivity index (χ3v) is 3.60. The van der Waals surface area contributed by atoms with E-state index in [0.29, 0.717) is 19.6 Å². The first-order chi connectivity index (χ1) is 9.13. The van der Waals surface area contributed by atoms with Crippen molar-refractivity contribution in [1.82, 2.24) is 0 Å². The second-order valence-corrected chi connectivity index (χ2v) is 5.81. The number of ether oxygens (including phenoxy) is 2. The van der Waals surface area contributed by atoms with Gasteiger partial charge in [0, 0.05) is 10.9 Å². The number of carbonyl (C=O) groups is 1. The number of hydrogen-bond acceptors (Lipinski definition) is 3. The number of rotatable bonds is 8. The Morgan fingerprint density at radius 2 is 2.00 bits per heavy atom. The molecule has 0 aliphatic heterocycles. The fraction of sp³-hybridized carbons (Fsp3) is 0.500. The van der Waals surface area contributed by atoms with E-state index >= 15 is 0 Å². The summed E-state index contributed by atoms with van der Waals surface area (Å²) in [5, 5.41) is 0. The summed E-state index contributed by atoms with van der Waals surface area (Å²) in [7, 11) is 0. The highest BCUT2D eigenvalue weighted by atomic mass is 79.9. The summed E-state index contributed by atoms with van der Waals surface area (Å²) < 4.78 is 12.5. The Morgan fingerprint density at radius 3 is 2.68 bits per heavy atom. The molecule has 0 bridgehead atoms. The molecule has 5 heteroatoms. The Kier molecular flexibility index (Phi) is 8.14. The van der Waals surface area contributed by atoms with Gasteiger partial charge in [0.25, 0.3) is 0 Å². The van der Waals surface area contributed by atoms with Crippen molar-refractivity contribution in [3.63, 3.8) is 0 Å². The molecule has 19 heavy (non-hydrogen) atoms. The predicted octanol–water partition coefficient (Wildman–Crippen LogP) is 4.71. The molecule has 0 spiro atoms. The van der Waals surface area contributed by atoms with Gasteiger partial charge in [-0.1, -0.05) is 15.9 Å². The van der Waals surface area contributed by atoms with Crippen molar-refractivity contribution in [3.05, 3.63) is 27.1 Å². The summed E-state index contributed by atoms with van der Waals surface area (Å²) >= 11 is 6.85. The SMILES string of the molecule is CCOC(=O)CCCCCOc1ccc(Br)cc1Br. The molecule has 0 saturated heterocycles. The third-order valence-electron chi connectivity index (χ3n) is 2.48. The van der Waals surface area contributed by atoms with E-state index in [1.807, 2.05) is 25.1 Å². The Labute approximate surface area is 130 Å². The number of unbranched alkanes of at least 4 members (excludes halogenated alkanes) is 2. The minimum atomic E-state index is -0.112. The summed E-state index contributed by atoms with van der Waals surface area (Å²) in [5.41, 5.74) is 0. The number of hydrogen-bond donors (Lipinski definition) is 0. The quantitative estimate of drug-likeness (QED) is 0.473. The van der Waals surface area contributed by atoms with E-state index in [0.717, 1.165) is 34.0 Å². The minimum absolute atomic E-state index is 0.112. The number of halogens is 2. The molecule has 1 rings (SSSR count). The summed E-state index contributed by atoms with van der Waals surface area (Å²) in [6.45, 7) is 2.93. The lowest BCUT2D eigenvalue weighted by Gasteiger charge is -2.08. The van der Waals surface area contributed by atoms with Crippen LogP contribution in [-0.2, 0) is 9.53 Å². The van der Waals surface area contributed by atoms with E-state index in [1.165, 1.54) is 0 Å². The summed E-state index contributed by atoms with van der Waals surface area (Å²) in [6.07, 6.45) is 3.24. The molecule has 1 aromatic rings. The van der Waals surface area contributed by atoms with Crippen molar-refractivity contribution >= 4 is 37.8 Å². The lowest BCUT2D eigenvalue weighted by atomic mass is 10.2. The molecule has 0 atom stereocenters. The van der Waals surface area contributed by atoms with Gasteiger partial charge in [0.1, 0.15) is 5.75 Å². The zero-order valence-electron chi connectivity index (χ0n) is 11.0. The smallest absolute Gasteiger partial charge is 0.305 e. The van der Waals surface area contributed by atoms with E-state index in [1.54, 1.807) is 0 Å². The van der Waals surface area contributed by atoms with E-state index in [-0.39, 0.29) is 5.97 Å². The van der Waals surface area contributed by atoms with Gasteiger partial charge in [-0.25, -0.2) is 0 Å². The van der Waals surface area contributed by atoms with Crippen LogP contribution in [0.25, 0.3) is 0 Å². The maximum absolute atomic E-state index is 11.1. The van der Waals surface area contributed by atoms with Crippen LogP contribution in [0.4, 0.5) is 0 Å². The number of benzene rings is 1. The molecule has 0 heterocycles. The lowest BCUT2D eigenvalue weighted by Crippen LogP contribution is -2.04. The normalized spacial score (nSPS) is 10.3. The molecule has 0 amide bonds. The molecule has 0 aliphatic rings. The topological polar surface area (TPSA) is 35.5 Å². The number of esters is 1. The molecular formula is C14H18Br2O3. The zero-order chi connectivity index (χ0) is 14.1. The maximum Gasteiger partial charge on any atom is 0.305 e. The molecule has 0 aliphatic carbocycles. The summed E-state index contributed by atoms with van der Waals surface area (Å²) in [5.74, 6) is 0.729. The third kappa shape index (κ3) is 6.97. The highest BCUT2D eigenvalue weighted by Crippen LogP contribution is 2.28. The van der Waals surface area contributed by atoms with Crippen molar-refractivity contribution in [2.75, 3.05) is 13.2 Å². The van der Waals surface area contributed by atoms with Crippen LogP contribution < -0.4 is 4.74 Å². The van der Waals surface area contributed by atoms with Crippen molar-refractivity contribution in [2.24, 2.45) is 0 Å². The highest BCUT2D eigenvalue weighted by Gasteiger charge is 2.03. The average Bonchev–Trinajstić information content (AvgIpc) is 2.36. The van der Waals surface area contributed by atoms with Crippen LogP contribution in [0.2, 0.25) is 0 Å². The minimum Gasteiger partial charge on any atom is -0.492 e. The van der Waals surface area contributed by atoms with E-state index < -0.39 is 0 Å². The first-order valence-corrected chi connectivity index (χ1v) is 7.95.